The largest absolute Gasteiger partial charge is 0.479 e. The SMILES string of the molecule is CC1(C)C[C@H]2C3=CC[C@@H]4[C@@]5(C)CC[C@H](O[C@@H]6O[C@H](C(=O)O)[C@@H](O[C@@H]7O[C@H](CO)[C@@H](O)[C@H](O)[C@H]7O)[C@H](O)[C@H]6O[C@@H]6O[C@H](CO)[C@@H](O)[C@H](O)C6O)[C@](C)(CO)[C@@H]5CC[C@@]4(C)[C@]3(C)C[C@@H](O)[C@@]2(CO)[C@@H](O)[C@@H]1O. The zero-order valence-corrected chi connectivity index (χ0v) is 40.6. The fraction of sp³-hybridized carbons (Fsp3) is 0.938. The lowest BCUT2D eigenvalue weighted by molar-refractivity contribution is -0.392. The van der Waals surface area contributed by atoms with E-state index in [0.717, 1.165) is 5.57 Å². The number of aliphatic hydroxyl groups is 14. The van der Waals surface area contributed by atoms with Gasteiger partial charge in [0.2, 0.25) is 0 Å². The third-order valence-corrected chi connectivity index (χ3v) is 19.8. The highest BCUT2D eigenvalue weighted by molar-refractivity contribution is 5.73. The van der Waals surface area contributed by atoms with E-state index in [0.29, 0.717) is 32.1 Å². The number of hydrogen-bond donors (Lipinski definition) is 15. The van der Waals surface area contributed by atoms with E-state index in [1.807, 2.05) is 20.8 Å². The number of ether oxygens (including phenoxy) is 6. The highest BCUT2D eigenvalue weighted by Crippen LogP contribution is 2.76. The molecule has 7 fully saturated rings. The van der Waals surface area contributed by atoms with Crippen molar-refractivity contribution in [3.63, 3.8) is 0 Å². The molecule has 3 saturated heterocycles. The summed E-state index contributed by atoms with van der Waals surface area (Å²) in [6, 6.07) is 0. The van der Waals surface area contributed by atoms with Gasteiger partial charge in [-0.2, -0.15) is 0 Å². The average molecular weight is 1010 g/mol. The Bertz CT molecular complexity index is 1920. The monoisotopic (exact) mass is 1010 g/mol. The van der Waals surface area contributed by atoms with E-state index in [4.69, 9.17) is 28.4 Å². The summed E-state index contributed by atoms with van der Waals surface area (Å²) in [5, 5.41) is 164. The first kappa shape index (κ1) is 54.7. The summed E-state index contributed by atoms with van der Waals surface area (Å²) >= 11 is 0. The van der Waals surface area contributed by atoms with Gasteiger partial charge in [0, 0.05) is 5.41 Å². The molecule has 0 amide bonds. The molecule has 0 aromatic heterocycles. The smallest absolute Gasteiger partial charge is 0.335 e. The third kappa shape index (κ3) is 8.00. The molecule has 22 nitrogen and oxygen atoms in total. The number of aliphatic hydroxyl groups excluding tert-OH is 14. The molecule has 70 heavy (non-hydrogen) atoms. The average Bonchev–Trinajstić information content (AvgIpc) is 3.31. The van der Waals surface area contributed by atoms with Gasteiger partial charge >= 0.3 is 5.97 Å². The number of rotatable bonds is 11. The number of carboxylic acid groups (broad SMARTS) is 1. The Morgan fingerprint density at radius 2 is 1.20 bits per heavy atom. The Labute approximate surface area is 406 Å². The van der Waals surface area contributed by atoms with Crippen LogP contribution in [-0.2, 0) is 33.2 Å². The third-order valence-electron chi connectivity index (χ3n) is 19.8. The van der Waals surface area contributed by atoms with Gasteiger partial charge in [0.15, 0.2) is 25.0 Å². The summed E-state index contributed by atoms with van der Waals surface area (Å²) in [6.07, 6.45) is -27.6. The molecule has 3 aliphatic heterocycles. The highest BCUT2D eigenvalue weighted by Gasteiger charge is 2.73. The summed E-state index contributed by atoms with van der Waals surface area (Å²) in [4.78, 5) is 13.0. The van der Waals surface area contributed by atoms with E-state index >= 15 is 0 Å². The molecule has 8 aliphatic rings. The maximum absolute atomic E-state index is 13.0. The molecule has 22 heteroatoms. The molecule has 0 spiro atoms. The fourth-order valence-corrected chi connectivity index (χ4v) is 15.4. The van der Waals surface area contributed by atoms with Crippen LogP contribution in [0.3, 0.4) is 0 Å². The number of aliphatic carboxylic acids is 1. The van der Waals surface area contributed by atoms with E-state index in [9.17, 15) is 81.4 Å². The van der Waals surface area contributed by atoms with Crippen LogP contribution in [0.1, 0.15) is 86.5 Å². The van der Waals surface area contributed by atoms with Crippen molar-refractivity contribution in [1.29, 1.82) is 0 Å². The first-order valence-electron chi connectivity index (χ1n) is 24.8. The Balaban J connectivity index is 1.11. The normalized spacial score (nSPS) is 55.6. The van der Waals surface area contributed by atoms with Gasteiger partial charge in [0.25, 0.3) is 0 Å². The Hall–Kier alpha value is -1.59. The molecule has 402 valence electrons. The standard InChI is InChI=1S/C48H78O22/c1-43(2)13-20-19-7-8-24-44(3)11-10-26(45(4,17-51)23(44)9-12-46(24,5)47(19,6)14-25(53)48(20,18-52)38(62)37(43)61)67-42-35(69-41-32(59)30(57)28(55)22(16-50)66-41)33(60)34(36(70-42)39(63)64)68-40-31(58)29(56)27(54)21(15-49)65-40/h7,20-38,40-42,49-62H,8-18H2,1-6H3,(H,63,64)/t20-,21+,22+,23+,24+,25+,26-,27+,28+,29-,30-,31+,32?,33-,34-,35+,36-,37-,38-,40-,41-,42+,44-,45+,46+,47+,48-/m0/s1. The van der Waals surface area contributed by atoms with Crippen LogP contribution < -0.4 is 0 Å². The maximum atomic E-state index is 13.0. The van der Waals surface area contributed by atoms with E-state index in [1.165, 1.54) is 0 Å². The summed E-state index contributed by atoms with van der Waals surface area (Å²) in [5.74, 6) is -2.40. The van der Waals surface area contributed by atoms with Gasteiger partial charge in [-0.3, -0.25) is 0 Å². The topological polar surface area (TPSA) is 376 Å². The Morgan fingerprint density at radius 3 is 1.73 bits per heavy atom. The molecule has 3 heterocycles. The predicted molar refractivity (Wildman–Crippen MR) is 236 cm³/mol. The van der Waals surface area contributed by atoms with Gasteiger partial charge in [0.05, 0.1) is 56.3 Å². The second-order valence-corrected chi connectivity index (χ2v) is 23.6. The van der Waals surface area contributed by atoms with Crippen molar-refractivity contribution in [3.05, 3.63) is 11.6 Å². The number of carboxylic acids is 1. The molecule has 5 aliphatic carbocycles. The quantitative estimate of drug-likeness (QED) is 0.0708. The summed E-state index contributed by atoms with van der Waals surface area (Å²) < 4.78 is 35.7. The number of allylic oxidation sites excluding steroid dienone is 2. The summed E-state index contributed by atoms with van der Waals surface area (Å²) in [7, 11) is 0. The lowest BCUT2D eigenvalue weighted by Gasteiger charge is -2.72. The molecule has 27 atom stereocenters. The van der Waals surface area contributed by atoms with Crippen LogP contribution in [0.2, 0.25) is 0 Å². The number of hydrogen-bond acceptors (Lipinski definition) is 21. The molecule has 0 radical (unpaired) electrons. The second kappa shape index (κ2) is 19.2. The molecule has 4 saturated carbocycles. The second-order valence-electron chi connectivity index (χ2n) is 23.6. The lowest BCUT2D eigenvalue weighted by Crippen LogP contribution is -2.72. The number of carbonyl (C=O) groups is 1. The highest BCUT2D eigenvalue weighted by atomic mass is 16.8. The Morgan fingerprint density at radius 1 is 0.629 bits per heavy atom. The van der Waals surface area contributed by atoms with Crippen molar-refractivity contribution in [2.45, 2.75) is 203 Å². The van der Waals surface area contributed by atoms with Gasteiger partial charge in [-0.1, -0.05) is 53.2 Å². The van der Waals surface area contributed by atoms with Crippen molar-refractivity contribution >= 4 is 5.97 Å². The lowest BCUT2D eigenvalue weighted by atomic mass is 9.33. The van der Waals surface area contributed by atoms with Crippen molar-refractivity contribution < 1.29 is 110 Å². The van der Waals surface area contributed by atoms with Crippen molar-refractivity contribution in [2.75, 3.05) is 26.4 Å². The van der Waals surface area contributed by atoms with Crippen molar-refractivity contribution in [3.8, 4) is 0 Å². The summed E-state index contributed by atoms with van der Waals surface area (Å²) in [6.45, 7) is 9.60. The van der Waals surface area contributed by atoms with Crippen LogP contribution in [-0.4, -0.2) is 226 Å². The van der Waals surface area contributed by atoms with Gasteiger partial charge in [-0.15, -0.1) is 0 Å². The van der Waals surface area contributed by atoms with E-state index < -0.39 is 187 Å². The van der Waals surface area contributed by atoms with Crippen LogP contribution >= 0.6 is 0 Å². The van der Waals surface area contributed by atoms with Gasteiger partial charge in [-0.05, 0) is 84.4 Å². The molecular formula is C48H78O22. The van der Waals surface area contributed by atoms with E-state index in [1.54, 1.807) is 0 Å². The molecule has 1 unspecified atom stereocenters. The predicted octanol–water partition coefficient (Wildman–Crippen LogP) is -3.41. The molecule has 15 N–H and O–H groups in total. The minimum absolute atomic E-state index is 0.0213. The first-order chi connectivity index (χ1) is 32.7. The van der Waals surface area contributed by atoms with Crippen LogP contribution in [0.5, 0.6) is 0 Å². The summed E-state index contributed by atoms with van der Waals surface area (Å²) in [5.41, 5.74) is -3.63. The van der Waals surface area contributed by atoms with Crippen LogP contribution in [0.4, 0.5) is 0 Å². The van der Waals surface area contributed by atoms with Crippen molar-refractivity contribution in [2.24, 2.45) is 50.2 Å². The van der Waals surface area contributed by atoms with Crippen LogP contribution in [0.25, 0.3) is 0 Å². The zero-order chi connectivity index (χ0) is 51.6. The van der Waals surface area contributed by atoms with E-state index in [-0.39, 0.29) is 24.7 Å². The van der Waals surface area contributed by atoms with Crippen molar-refractivity contribution in [1.82, 2.24) is 0 Å². The molecule has 0 bridgehead atoms. The Kier molecular flexibility index (Phi) is 15.0. The van der Waals surface area contributed by atoms with Gasteiger partial charge in [-0.25, -0.2) is 4.79 Å². The molecule has 0 aromatic rings. The first-order valence-corrected chi connectivity index (χ1v) is 24.8. The van der Waals surface area contributed by atoms with Crippen LogP contribution in [0.15, 0.2) is 11.6 Å². The van der Waals surface area contributed by atoms with E-state index in [2.05, 4.69) is 26.8 Å². The minimum atomic E-state index is -2.15. The number of fused-ring (bicyclic) bond motifs is 7. The van der Waals surface area contributed by atoms with Gasteiger partial charge < -0.3 is 105 Å². The van der Waals surface area contributed by atoms with Crippen LogP contribution in [0, 0.1) is 50.2 Å². The molecular weight excluding hydrogens is 929 g/mol. The molecule has 8 rings (SSSR count). The molecule has 0 aromatic carbocycles. The minimum Gasteiger partial charge on any atom is -0.479 e. The zero-order valence-electron chi connectivity index (χ0n) is 40.6. The fourth-order valence-electron chi connectivity index (χ4n) is 15.4. The maximum Gasteiger partial charge on any atom is 0.335 e. The van der Waals surface area contributed by atoms with Gasteiger partial charge in [0.1, 0.15) is 67.1 Å².